The summed E-state index contributed by atoms with van der Waals surface area (Å²) in [6.45, 7) is 4.30. The fraction of sp³-hybridized carbons (Fsp3) is 0.727. The van der Waals surface area contributed by atoms with Crippen molar-refractivity contribution in [2.24, 2.45) is 11.7 Å². The minimum atomic E-state index is 0.844. The molecular weight excluding hydrogens is 206 g/mol. The fourth-order valence-electron chi connectivity index (χ4n) is 2.19. The lowest BCUT2D eigenvalue weighted by Gasteiger charge is -2.31. The molecule has 3 nitrogen and oxygen atoms in total. The van der Waals surface area contributed by atoms with Gasteiger partial charge in [-0.05, 0) is 44.8 Å². The van der Waals surface area contributed by atoms with E-state index in [1.165, 1.54) is 37.4 Å². The summed E-state index contributed by atoms with van der Waals surface area (Å²) >= 11 is 1.75. The zero-order valence-corrected chi connectivity index (χ0v) is 9.88. The van der Waals surface area contributed by atoms with Gasteiger partial charge < -0.3 is 5.73 Å². The Morgan fingerprint density at radius 3 is 2.87 bits per heavy atom. The summed E-state index contributed by atoms with van der Waals surface area (Å²) in [4.78, 5) is 6.83. The molecule has 0 amide bonds. The van der Waals surface area contributed by atoms with Crippen molar-refractivity contribution in [2.45, 2.75) is 25.8 Å². The van der Waals surface area contributed by atoms with Crippen LogP contribution < -0.4 is 5.73 Å². The lowest BCUT2D eigenvalue weighted by atomic mass is 9.94. The third-order valence-corrected chi connectivity index (χ3v) is 3.89. The molecular formula is C11H19N3S. The number of nitrogens with zero attached hydrogens (tertiary/aromatic N) is 2. The summed E-state index contributed by atoms with van der Waals surface area (Å²) in [5.41, 5.74) is 5.58. The Labute approximate surface area is 95.3 Å². The van der Waals surface area contributed by atoms with Crippen molar-refractivity contribution < 1.29 is 0 Å². The van der Waals surface area contributed by atoms with Crippen LogP contribution in [0.25, 0.3) is 0 Å². The zero-order chi connectivity index (χ0) is 10.5. The number of thiazole rings is 1. The number of likely N-dealkylation sites (tertiary alicyclic amines) is 1. The van der Waals surface area contributed by atoms with Gasteiger partial charge in [-0.1, -0.05) is 0 Å². The second-order valence-corrected chi connectivity index (χ2v) is 5.20. The lowest BCUT2D eigenvalue weighted by molar-refractivity contribution is 0.173. The van der Waals surface area contributed by atoms with Crippen LogP contribution in [0.4, 0.5) is 0 Å². The van der Waals surface area contributed by atoms with Crippen LogP contribution in [0.3, 0.4) is 0 Å². The molecule has 0 atom stereocenters. The average molecular weight is 225 g/mol. The molecule has 2 rings (SSSR count). The van der Waals surface area contributed by atoms with Crippen LogP contribution in [0, 0.1) is 5.92 Å². The molecule has 1 aliphatic rings. The third-order valence-electron chi connectivity index (χ3n) is 3.12. The molecule has 1 aromatic rings. The van der Waals surface area contributed by atoms with Crippen LogP contribution in [-0.4, -0.2) is 29.5 Å². The summed E-state index contributed by atoms with van der Waals surface area (Å²) in [5, 5.41) is 3.29. The summed E-state index contributed by atoms with van der Waals surface area (Å²) in [6.07, 6.45) is 5.71. The molecule has 0 radical (unpaired) electrons. The maximum absolute atomic E-state index is 5.58. The number of nitrogens with two attached hydrogens (primary N) is 1. The van der Waals surface area contributed by atoms with Crippen molar-refractivity contribution in [2.75, 3.05) is 19.6 Å². The molecule has 0 unspecified atom stereocenters. The molecule has 84 valence electrons. The predicted molar refractivity (Wildman–Crippen MR) is 63.8 cm³/mol. The summed E-state index contributed by atoms with van der Waals surface area (Å²) < 4.78 is 0. The zero-order valence-electron chi connectivity index (χ0n) is 9.06. The first kappa shape index (κ1) is 11.0. The number of aromatic nitrogens is 1. The second-order valence-electron chi connectivity index (χ2n) is 4.22. The Bertz CT molecular complexity index is 265. The minimum Gasteiger partial charge on any atom is -0.330 e. The van der Waals surface area contributed by atoms with Gasteiger partial charge in [-0.15, -0.1) is 11.3 Å². The van der Waals surface area contributed by atoms with Gasteiger partial charge in [0.2, 0.25) is 0 Å². The van der Waals surface area contributed by atoms with E-state index in [0.29, 0.717) is 0 Å². The van der Waals surface area contributed by atoms with Crippen molar-refractivity contribution in [3.05, 3.63) is 16.6 Å². The SMILES string of the molecule is NCCC1CCN(Cc2nccs2)CC1. The maximum atomic E-state index is 5.58. The predicted octanol–water partition coefficient (Wildman–Crippen LogP) is 1.70. The van der Waals surface area contributed by atoms with Gasteiger partial charge in [-0.3, -0.25) is 4.90 Å². The Balaban J connectivity index is 1.74. The van der Waals surface area contributed by atoms with E-state index < -0.39 is 0 Å². The number of hydrogen-bond acceptors (Lipinski definition) is 4. The molecule has 4 heteroatoms. The van der Waals surface area contributed by atoms with Crippen molar-refractivity contribution in [3.8, 4) is 0 Å². The summed E-state index contributed by atoms with van der Waals surface area (Å²) in [7, 11) is 0. The largest absolute Gasteiger partial charge is 0.330 e. The van der Waals surface area contributed by atoms with Gasteiger partial charge in [0, 0.05) is 11.6 Å². The third kappa shape index (κ3) is 3.26. The molecule has 0 aliphatic carbocycles. The Kier molecular flexibility index (Phi) is 4.11. The van der Waals surface area contributed by atoms with Crippen LogP contribution in [-0.2, 0) is 6.54 Å². The molecule has 2 N–H and O–H groups in total. The highest BCUT2D eigenvalue weighted by Crippen LogP contribution is 2.21. The first-order valence-electron chi connectivity index (χ1n) is 5.69. The van der Waals surface area contributed by atoms with Crippen molar-refractivity contribution in [1.82, 2.24) is 9.88 Å². The molecule has 0 saturated carbocycles. The molecule has 1 saturated heterocycles. The van der Waals surface area contributed by atoms with Crippen molar-refractivity contribution >= 4 is 11.3 Å². The van der Waals surface area contributed by atoms with E-state index in [4.69, 9.17) is 5.73 Å². The van der Waals surface area contributed by atoms with Crippen LogP contribution in [0.2, 0.25) is 0 Å². The molecule has 0 aromatic carbocycles. The highest BCUT2D eigenvalue weighted by molar-refractivity contribution is 7.09. The lowest BCUT2D eigenvalue weighted by Crippen LogP contribution is -2.33. The van der Waals surface area contributed by atoms with Gasteiger partial charge in [0.1, 0.15) is 5.01 Å². The van der Waals surface area contributed by atoms with Crippen molar-refractivity contribution in [1.29, 1.82) is 0 Å². The van der Waals surface area contributed by atoms with E-state index >= 15 is 0 Å². The molecule has 1 fully saturated rings. The molecule has 1 aliphatic heterocycles. The number of hydrogen-bond donors (Lipinski definition) is 1. The van der Waals surface area contributed by atoms with Crippen molar-refractivity contribution in [3.63, 3.8) is 0 Å². The number of rotatable bonds is 4. The van der Waals surface area contributed by atoms with Gasteiger partial charge in [0.15, 0.2) is 0 Å². The Morgan fingerprint density at radius 2 is 2.27 bits per heavy atom. The van der Waals surface area contributed by atoms with Gasteiger partial charge in [0.25, 0.3) is 0 Å². The minimum absolute atomic E-state index is 0.844. The summed E-state index contributed by atoms with van der Waals surface area (Å²) in [5.74, 6) is 0.863. The first-order valence-corrected chi connectivity index (χ1v) is 6.57. The first-order chi connectivity index (χ1) is 7.38. The molecule has 0 spiro atoms. The van der Waals surface area contributed by atoms with Gasteiger partial charge in [-0.2, -0.15) is 0 Å². The van der Waals surface area contributed by atoms with E-state index in [2.05, 4.69) is 15.3 Å². The van der Waals surface area contributed by atoms with Crippen LogP contribution in [0.15, 0.2) is 11.6 Å². The molecule has 1 aromatic heterocycles. The monoisotopic (exact) mass is 225 g/mol. The van der Waals surface area contributed by atoms with Gasteiger partial charge in [0.05, 0.1) is 6.54 Å². The Hall–Kier alpha value is -0.450. The Morgan fingerprint density at radius 1 is 1.47 bits per heavy atom. The number of piperidine rings is 1. The smallest absolute Gasteiger partial charge is 0.107 e. The van der Waals surface area contributed by atoms with Crippen LogP contribution in [0.1, 0.15) is 24.3 Å². The molecule has 0 bridgehead atoms. The van der Waals surface area contributed by atoms with E-state index in [9.17, 15) is 0 Å². The highest BCUT2D eigenvalue weighted by atomic mass is 32.1. The van der Waals surface area contributed by atoms with Crippen LogP contribution in [0.5, 0.6) is 0 Å². The quantitative estimate of drug-likeness (QED) is 0.848. The molecule has 15 heavy (non-hydrogen) atoms. The second kappa shape index (κ2) is 5.58. The van der Waals surface area contributed by atoms with E-state index in [1.54, 1.807) is 11.3 Å². The summed E-state index contributed by atoms with van der Waals surface area (Å²) in [6, 6.07) is 0. The normalized spacial score (nSPS) is 19.5. The van der Waals surface area contributed by atoms with Gasteiger partial charge in [-0.25, -0.2) is 4.98 Å². The maximum Gasteiger partial charge on any atom is 0.107 e. The van der Waals surface area contributed by atoms with E-state index in [-0.39, 0.29) is 0 Å². The van der Waals surface area contributed by atoms with Crippen LogP contribution >= 0.6 is 11.3 Å². The standard InChI is InChI=1S/C11H19N3S/c12-4-1-10-2-6-14(7-3-10)9-11-13-5-8-15-11/h5,8,10H,1-4,6-7,9,12H2. The molecule has 2 heterocycles. The highest BCUT2D eigenvalue weighted by Gasteiger charge is 2.18. The fourth-order valence-corrected chi connectivity index (χ4v) is 2.85. The van der Waals surface area contributed by atoms with E-state index in [1.807, 2.05) is 6.20 Å². The average Bonchev–Trinajstić information content (AvgIpc) is 2.74. The van der Waals surface area contributed by atoms with Gasteiger partial charge >= 0.3 is 0 Å². The van der Waals surface area contributed by atoms with E-state index in [0.717, 1.165) is 19.0 Å². The topological polar surface area (TPSA) is 42.1 Å².